The quantitative estimate of drug-likeness (QED) is 0.564. The van der Waals surface area contributed by atoms with Gasteiger partial charge in [0.2, 0.25) is 0 Å². The second kappa shape index (κ2) is 4.24. The van der Waals surface area contributed by atoms with E-state index in [9.17, 15) is 4.79 Å². The van der Waals surface area contributed by atoms with Gasteiger partial charge in [0.15, 0.2) is 0 Å². The monoisotopic (exact) mass is 175 g/mol. The third-order valence-corrected chi connectivity index (χ3v) is 1.37. The van der Waals surface area contributed by atoms with Crippen LogP contribution in [-0.2, 0) is 0 Å². The summed E-state index contributed by atoms with van der Waals surface area (Å²) in [7, 11) is 0. The summed E-state index contributed by atoms with van der Waals surface area (Å²) in [4.78, 5) is 14.7. The molecule has 0 unspecified atom stereocenters. The minimum atomic E-state index is -0.582. The highest BCUT2D eigenvalue weighted by atomic mass is 16.1. The van der Waals surface area contributed by atoms with Crippen LogP contribution in [0.25, 0.3) is 0 Å². The molecule has 4 nitrogen and oxygen atoms in total. The molecule has 0 spiro atoms. The lowest BCUT2D eigenvalue weighted by molar-refractivity contribution is 0.0995. The van der Waals surface area contributed by atoms with Gasteiger partial charge in [0.05, 0.1) is 12.1 Å². The van der Waals surface area contributed by atoms with E-state index in [-0.39, 0.29) is 12.2 Å². The Labute approximate surface area is 76.0 Å². The van der Waals surface area contributed by atoms with Gasteiger partial charge in [-0.25, -0.2) is 4.98 Å². The van der Waals surface area contributed by atoms with Gasteiger partial charge >= 0.3 is 0 Å². The van der Waals surface area contributed by atoms with E-state index in [0.29, 0.717) is 5.56 Å². The molecular weight excluding hydrogens is 166 g/mol. The van der Waals surface area contributed by atoms with Crippen LogP contribution in [0.5, 0.6) is 0 Å². The van der Waals surface area contributed by atoms with Gasteiger partial charge in [-0.3, -0.25) is 4.79 Å². The van der Waals surface area contributed by atoms with Crippen LogP contribution in [-0.4, -0.2) is 17.4 Å². The van der Waals surface area contributed by atoms with Crippen LogP contribution >= 0.6 is 0 Å². The van der Waals surface area contributed by atoms with E-state index in [0.717, 1.165) is 0 Å². The smallest absolute Gasteiger partial charge is 0.268 e. The summed E-state index contributed by atoms with van der Waals surface area (Å²) in [5, 5.41) is 0. The number of hydrogen-bond donors (Lipinski definition) is 2. The lowest BCUT2D eigenvalue weighted by atomic mass is 10.2. The van der Waals surface area contributed by atoms with Crippen molar-refractivity contribution in [1.82, 2.24) is 4.98 Å². The third-order valence-electron chi connectivity index (χ3n) is 1.37. The van der Waals surface area contributed by atoms with Crippen LogP contribution in [0.1, 0.15) is 16.1 Å². The number of pyridine rings is 1. The Bertz CT molecular complexity index is 376. The standard InChI is InChI=1S/C9H9N3O/c10-5-1-3-7-4-2-6-12-8(7)9(11)13/h2,4,6H,5,10H2,(H2,11,13). The maximum Gasteiger partial charge on any atom is 0.268 e. The Morgan fingerprint density at radius 2 is 2.38 bits per heavy atom. The van der Waals surface area contributed by atoms with Crippen LogP contribution in [0.3, 0.4) is 0 Å². The number of carbonyl (C=O) groups excluding carboxylic acids is 1. The van der Waals surface area contributed by atoms with E-state index in [1.54, 1.807) is 12.1 Å². The second-order valence-corrected chi connectivity index (χ2v) is 2.27. The van der Waals surface area contributed by atoms with Gasteiger partial charge in [-0.15, -0.1) is 0 Å². The molecule has 13 heavy (non-hydrogen) atoms. The number of hydrogen-bond acceptors (Lipinski definition) is 3. The molecule has 1 heterocycles. The van der Waals surface area contributed by atoms with E-state index in [1.807, 2.05) is 0 Å². The SMILES string of the molecule is NCC#Cc1cccnc1C(N)=O. The number of aromatic nitrogens is 1. The molecule has 0 aromatic carbocycles. The normalized spacial score (nSPS) is 8.69. The van der Waals surface area contributed by atoms with Gasteiger partial charge < -0.3 is 11.5 Å². The van der Waals surface area contributed by atoms with Crippen molar-refractivity contribution in [2.45, 2.75) is 0 Å². The molecule has 1 aromatic heterocycles. The molecule has 0 fully saturated rings. The molecule has 0 saturated carbocycles. The van der Waals surface area contributed by atoms with Gasteiger partial charge in [-0.1, -0.05) is 11.8 Å². The van der Waals surface area contributed by atoms with Crippen molar-refractivity contribution in [2.24, 2.45) is 11.5 Å². The van der Waals surface area contributed by atoms with Gasteiger partial charge in [0.1, 0.15) is 5.69 Å². The minimum absolute atomic E-state index is 0.184. The Kier molecular flexibility index (Phi) is 3.01. The maximum atomic E-state index is 10.8. The van der Waals surface area contributed by atoms with Crippen LogP contribution in [0.4, 0.5) is 0 Å². The molecule has 0 saturated heterocycles. The Morgan fingerprint density at radius 1 is 1.62 bits per heavy atom. The molecule has 66 valence electrons. The first-order valence-electron chi connectivity index (χ1n) is 3.69. The van der Waals surface area contributed by atoms with Crippen LogP contribution in [0, 0.1) is 11.8 Å². The first-order valence-corrected chi connectivity index (χ1v) is 3.69. The molecule has 1 rings (SSSR count). The van der Waals surface area contributed by atoms with Gasteiger partial charge in [0, 0.05) is 6.20 Å². The Morgan fingerprint density at radius 3 is 3.00 bits per heavy atom. The van der Waals surface area contributed by atoms with Crippen molar-refractivity contribution < 1.29 is 4.79 Å². The topological polar surface area (TPSA) is 82.0 Å². The lowest BCUT2D eigenvalue weighted by Gasteiger charge is -1.96. The van der Waals surface area contributed by atoms with Crippen LogP contribution < -0.4 is 11.5 Å². The van der Waals surface area contributed by atoms with E-state index in [2.05, 4.69) is 16.8 Å². The van der Waals surface area contributed by atoms with Crippen molar-refractivity contribution in [3.05, 3.63) is 29.6 Å². The lowest BCUT2D eigenvalue weighted by Crippen LogP contribution is -2.14. The summed E-state index contributed by atoms with van der Waals surface area (Å²) in [5.41, 5.74) is 11.0. The molecule has 4 N–H and O–H groups in total. The number of carbonyl (C=O) groups is 1. The molecule has 0 atom stereocenters. The van der Waals surface area contributed by atoms with Crippen molar-refractivity contribution in [3.63, 3.8) is 0 Å². The van der Waals surface area contributed by atoms with Gasteiger partial charge in [-0.2, -0.15) is 0 Å². The number of amides is 1. The third kappa shape index (κ3) is 2.29. The zero-order valence-corrected chi connectivity index (χ0v) is 6.95. The molecule has 0 radical (unpaired) electrons. The fourth-order valence-corrected chi connectivity index (χ4v) is 0.849. The molecule has 0 bridgehead atoms. The minimum Gasteiger partial charge on any atom is -0.364 e. The van der Waals surface area contributed by atoms with Gasteiger partial charge in [0.25, 0.3) is 5.91 Å². The average Bonchev–Trinajstić information content (AvgIpc) is 2.15. The fraction of sp³-hybridized carbons (Fsp3) is 0.111. The molecule has 1 aromatic rings. The molecule has 4 heteroatoms. The first kappa shape index (κ1) is 9.23. The fourth-order valence-electron chi connectivity index (χ4n) is 0.849. The molecule has 1 amide bonds. The zero-order valence-electron chi connectivity index (χ0n) is 6.95. The van der Waals surface area contributed by atoms with E-state index in [4.69, 9.17) is 11.5 Å². The predicted octanol–water partition coefficient (Wildman–Crippen LogP) is -0.509. The number of nitrogens with two attached hydrogens (primary N) is 2. The van der Waals surface area contributed by atoms with Crippen molar-refractivity contribution in [2.75, 3.05) is 6.54 Å². The highest BCUT2D eigenvalue weighted by Gasteiger charge is 2.05. The summed E-state index contributed by atoms with van der Waals surface area (Å²) >= 11 is 0. The summed E-state index contributed by atoms with van der Waals surface area (Å²) in [6, 6.07) is 3.36. The molecule has 0 aliphatic heterocycles. The molecule has 0 aliphatic carbocycles. The van der Waals surface area contributed by atoms with Gasteiger partial charge in [-0.05, 0) is 12.1 Å². The van der Waals surface area contributed by atoms with Crippen molar-refractivity contribution in [1.29, 1.82) is 0 Å². The Balaban J connectivity index is 3.12. The second-order valence-electron chi connectivity index (χ2n) is 2.27. The first-order chi connectivity index (χ1) is 6.25. The summed E-state index contributed by atoms with van der Waals surface area (Å²) in [5.74, 6) is 4.76. The van der Waals surface area contributed by atoms with Crippen molar-refractivity contribution in [3.8, 4) is 11.8 Å². The Hall–Kier alpha value is -1.86. The number of primary amides is 1. The maximum absolute atomic E-state index is 10.8. The highest BCUT2D eigenvalue weighted by Crippen LogP contribution is 2.01. The van der Waals surface area contributed by atoms with E-state index < -0.39 is 5.91 Å². The summed E-state index contributed by atoms with van der Waals surface area (Å²) < 4.78 is 0. The number of nitrogens with zero attached hydrogens (tertiary/aromatic N) is 1. The van der Waals surface area contributed by atoms with Crippen LogP contribution in [0.15, 0.2) is 18.3 Å². The molecule has 0 aliphatic rings. The zero-order chi connectivity index (χ0) is 9.68. The predicted molar refractivity (Wildman–Crippen MR) is 48.7 cm³/mol. The van der Waals surface area contributed by atoms with E-state index in [1.165, 1.54) is 6.20 Å². The molecular formula is C9H9N3O. The van der Waals surface area contributed by atoms with Crippen LogP contribution in [0.2, 0.25) is 0 Å². The average molecular weight is 175 g/mol. The summed E-state index contributed by atoms with van der Waals surface area (Å²) in [6.45, 7) is 0.243. The largest absolute Gasteiger partial charge is 0.364 e. The highest BCUT2D eigenvalue weighted by molar-refractivity contribution is 5.93. The van der Waals surface area contributed by atoms with Crippen molar-refractivity contribution >= 4 is 5.91 Å². The summed E-state index contributed by atoms with van der Waals surface area (Å²) in [6.07, 6.45) is 1.49. The van der Waals surface area contributed by atoms with E-state index >= 15 is 0 Å². The number of rotatable bonds is 1.